The van der Waals surface area contributed by atoms with Gasteiger partial charge in [0, 0.05) is 45.1 Å². The van der Waals surface area contributed by atoms with E-state index in [9.17, 15) is 4.79 Å². The Labute approximate surface area is 211 Å². The van der Waals surface area contributed by atoms with Crippen molar-refractivity contribution in [3.8, 4) is 0 Å². The van der Waals surface area contributed by atoms with Gasteiger partial charge in [-0.15, -0.1) is 0 Å². The van der Waals surface area contributed by atoms with E-state index in [1.165, 1.54) is 11.1 Å². The van der Waals surface area contributed by atoms with Gasteiger partial charge >= 0.3 is 5.97 Å². The van der Waals surface area contributed by atoms with Gasteiger partial charge in [0.25, 0.3) is 0 Å². The van der Waals surface area contributed by atoms with Gasteiger partial charge in [0.1, 0.15) is 0 Å². The largest absolute Gasteiger partial charge is 0.446 e. The van der Waals surface area contributed by atoms with Crippen molar-refractivity contribution in [1.29, 1.82) is 0 Å². The summed E-state index contributed by atoms with van der Waals surface area (Å²) in [7, 11) is 1.80. The molecule has 190 valence electrons. The van der Waals surface area contributed by atoms with Gasteiger partial charge in [-0.05, 0) is 42.7 Å². The van der Waals surface area contributed by atoms with Crippen LogP contribution < -0.4 is 5.32 Å². The fourth-order valence-corrected chi connectivity index (χ4v) is 5.35. The third-order valence-electron chi connectivity index (χ3n) is 7.98. The number of hydrogen-bond acceptors (Lipinski definition) is 5. The highest BCUT2D eigenvalue weighted by Crippen LogP contribution is 2.34. The molecule has 5 heteroatoms. The van der Waals surface area contributed by atoms with Gasteiger partial charge in [0.2, 0.25) is 0 Å². The van der Waals surface area contributed by atoms with E-state index in [0.717, 1.165) is 71.3 Å². The quantitative estimate of drug-likeness (QED) is 0.434. The second-order valence-electron chi connectivity index (χ2n) is 10.6. The van der Waals surface area contributed by atoms with Crippen molar-refractivity contribution >= 4 is 5.97 Å². The molecule has 5 nitrogen and oxygen atoms in total. The van der Waals surface area contributed by atoms with Gasteiger partial charge in [-0.25, -0.2) is 0 Å². The molecule has 2 atom stereocenters. The first-order valence-corrected chi connectivity index (χ1v) is 13.3. The molecule has 1 saturated carbocycles. The topological polar surface area (TPSA) is 50.8 Å². The summed E-state index contributed by atoms with van der Waals surface area (Å²) in [5.41, 5.74) is 2.69. The summed E-state index contributed by atoms with van der Waals surface area (Å²) >= 11 is 0. The molecule has 1 aliphatic heterocycles. The summed E-state index contributed by atoms with van der Waals surface area (Å²) in [5.74, 6) is 0.556. The SMILES string of the molecule is COCC1(CNC[C@@H](C)c2ccccc2)CCN(C(Cc2ccccc2)OC(=O)C2CCC2)CC1. The molecule has 1 heterocycles. The summed E-state index contributed by atoms with van der Waals surface area (Å²) in [6.45, 7) is 6.74. The molecule has 0 amide bonds. The number of likely N-dealkylation sites (tertiary alicyclic amines) is 1. The lowest BCUT2D eigenvalue weighted by Crippen LogP contribution is -2.52. The smallest absolute Gasteiger partial charge is 0.310 e. The summed E-state index contributed by atoms with van der Waals surface area (Å²) in [6, 6.07) is 21.1. The standard InChI is InChI=1S/C30H42N2O3/c1-24(26-12-7-4-8-13-26)21-31-22-30(23-34-2)16-18-32(19-17-30)28(20-25-10-5-3-6-11-25)35-29(33)27-14-9-15-27/h3-8,10-13,24,27-28,31H,9,14-23H2,1-2H3/t24-,28?/m1/s1. The highest BCUT2D eigenvalue weighted by Gasteiger charge is 2.38. The first-order valence-electron chi connectivity index (χ1n) is 13.3. The van der Waals surface area contributed by atoms with Gasteiger partial charge in [-0.2, -0.15) is 0 Å². The molecule has 2 fully saturated rings. The Morgan fingerprint density at radius 3 is 2.31 bits per heavy atom. The Kier molecular flexibility index (Phi) is 9.36. The van der Waals surface area contributed by atoms with Crippen LogP contribution in [0.3, 0.4) is 0 Å². The predicted molar refractivity (Wildman–Crippen MR) is 140 cm³/mol. The number of nitrogens with one attached hydrogen (secondary N) is 1. The van der Waals surface area contributed by atoms with Crippen LogP contribution in [0.4, 0.5) is 0 Å². The Morgan fingerprint density at radius 2 is 1.71 bits per heavy atom. The average molecular weight is 479 g/mol. The average Bonchev–Trinajstić information content (AvgIpc) is 2.84. The number of rotatable bonds is 12. The maximum absolute atomic E-state index is 12.7. The van der Waals surface area contributed by atoms with Crippen LogP contribution in [0.5, 0.6) is 0 Å². The number of carbonyl (C=O) groups excluding carboxylic acids is 1. The van der Waals surface area contributed by atoms with E-state index in [1.807, 2.05) is 6.07 Å². The summed E-state index contributed by atoms with van der Waals surface area (Å²) in [6.07, 6.45) is 5.68. The molecule has 1 unspecified atom stereocenters. The van der Waals surface area contributed by atoms with Crippen molar-refractivity contribution in [1.82, 2.24) is 10.2 Å². The molecular weight excluding hydrogens is 436 g/mol. The van der Waals surface area contributed by atoms with Crippen LogP contribution >= 0.6 is 0 Å². The number of esters is 1. The molecule has 0 radical (unpaired) electrons. The lowest BCUT2D eigenvalue weighted by atomic mass is 9.78. The Morgan fingerprint density at radius 1 is 1.06 bits per heavy atom. The summed E-state index contributed by atoms with van der Waals surface area (Å²) in [5, 5.41) is 3.74. The minimum atomic E-state index is -0.197. The molecule has 1 aliphatic carbocycles. The minimum Gasteiger partial charge on any atom is -0.446 e. The van der Waals surface area contributed by atoms with Crippen LogP contribution in [0.1, 0.15) is 56.1 Å². The highest BCUT2D eigenvalue weighted by atomic mass is 16.6. The van der Waals surface area contributed by atoms with Crippen LogP contribution in [-0.2, 0) is 20.7 Å². The molecule has 2 aromatic carbocycles. The van der Waals surface area contributed by atoms with Crippen molar-refractivity contribution in [3.63, 3.8) is 0 Å². The normalized spacial score (nSPS) is 20.1. The van der Waals surface area contributed by atoms with E-state index in [0.29, 0.717) is 5.92 Å². The molecule has 2 aliphatic rings. The van der Waals surface area contributed by atoms with E-state index >= 15 is 0 Å². The first-order chi connectivity index (χ1) is 17.1. The van der Waals surface area contributed by atoms with Gasteiger partial charge in [-0.1, -0.05) is 74.0 Å². The molecule has 1 saturated heterocycles. The lowest BCUT2D eigenvalue weighted by Gasteiger charge is -2.44. The van der Waals surface area contributed by atoms with Gasteiger partial charge in [0.05, 0.1) is 12.5 Å². The van der Waals surface area contributed by atoms with E-state index < -0.39 is 0 Å². The summed E-state index contributed by atoms with van der Waals surface area (Å²) < 4.78 is 11.8. The minimum absolute atomic E-state index is 0.0116. The molecule has 0 bridgehead atoms. The molecule has 0 aromatic heterocycles. The van der Waals surface area contributed by atoms with Crippen molar-refractivity contribution in [2.75, 3.05) is 39.9 Å². The molecular formula is C30H42N2O3. The van der Waals surface area contributed by atoms with Crippen LogP contribution in [0, 0.1) is 11.3 Å². The maximum Gasteiger partial charge on any atom is 0.310 e. The third kappa shape index (κ3) is 7.16. The maximum atomic E-state index is 12.7. The fourth-order valence-electron chi connectivity index (χ4n) is 5.35. The lowest BCUT2D eigenvalue weighted by molar-refractivity contribution is -0.170. The van der Waals surface area contributed by atoms with Crippen molar-refractivity contribution in [3.05, 3.63) is 71.8 Å². The number of piperidine rings is 1. The number of methoxy groups -OCH3 is 1. The number of ether oxygens (including phenoxy) is 2. The monoisotopic (exact) mass is 478 g/mol. The van der Waals surface area contributed by atoms with Crippen molar-refractivity contribution in [2.24, 2.45) is 11.3 Å². The van der Waals surface area contributed by atoms with Gasteiger partial charge < -0.3 is 14.8 Å². The Balaban J connectivity index is 1.34. The molecule has 4 rings (SSSR count). The van der Waals surface area contributed by atoms with Crippen LogP contribution in [-0.4, -0.2) is 57.0 Å². The molecule has 1 N–H and O–H groups in total. The molecule has 0 spiro atoms. The van der Waals surface area contributed by atoms with Crippen molar-refractivity contribution in [2.45, 2.75) is 57.6 Å². The van der Waals surface area contributed by atoms with E-state index in [1.54, 1.807) is 7.11 Å². The third-order valence-corrected chi connectivity index (χ3v) is 7.98. The fraction of sp³-hybridized carbons (Fsp3) is 0.567. The number of benzene rings is 2. The van der Waals surface area contributed by atoms with E-state index in [2.05, 4.69) is 71.7 Å². The van der Waals surface area contributed by atoms with E-state index in [4.69, 9.17) is 9.47 Å². The van der Waals surface area contributed by atoms with Crippen molar-refractivity contribution < 1.29 is 14.3 Å². The number of nitrogens with zero attached hydrogens (tertiary/aromatic N) is 1. The van der Waals surface area contributed by atoms with Gasteiger partial charge in [-0.3, -0.25) is 9.69 Å². The number of carbonyl (C=O) groups is 1. The number of hydrogen-bond donors (Lipinski definition) is 1. The van der Waals surface area contributed by atoms with E-state index in [-0.39, 0.29) is 23.5 Å². The second kappa shape index (κ2) is 12.7. The first kappa shape index (κ1) is 25.9. The molecule has 2 aromatic rings. The van der Waals surface area contributed by atoms with Crippen LogP contribution in [0.2, 0.25) is 0 Å². The zero-order valence-electron chi connectivity index (χ0n) is 21.5. The Hall–Kier alpha value is -2.21. The van der Waals surface area contributed by atoms with Gasteiger partial charge in [0.15, 0.2) is 6.23 Å². The zero-order chi connectivity index (χ0) is 24.5. The Bertz CT molecular complexity index is 892. The van der Waals surface area contributed by atoms with Crippen LogP contribution in [0.25, 0.3) is 0 Å². The molecule has 35 heavy (non-hydrogen) atoms. The zero-order valence-corrected chi connectivity index (χ0v) is 21.5. The van der Waals surface area contributed by atoms with Crippen LogP contribution in [0.15, 0.2) is 60.7 Å². The summed E-state index contributed by atoms with van der Waals surface area (Å²) in [4.78, 5) is 15.1. The highest BCUT2D eigenvalue weighted by molar-refractivity contribution is 5.73. The second-order valence-corrected chi connectivity index (χ2v) is 10.6. The predicted octanol–water partition coefficient (Wildman–Crippen LogP) is 5.02.